The van der Waals surface area contributed by atoms with Crippen molar-refractivity contribution in [3.05, 3.63) is 0 Å². The molecule has 0 aromatic rings. The van der Waals surface area contributed by atoms with Crippen LogP contribution in [-0.4, -0.2) is 57.8 Å². The first-order chi connectivity index (χ1) is 5.54. The van der Waals surface area contributed by atoms with Crippen LogP contribution in [0.5, 0.6) is 0 Å². The quantitative estimate of drug-likeness (QED) is 0.355. The highest BCUT2D eigenvalue weighted by molar-refractivity contribution is 5.56. The SMILES string of the molecule is O=C[C@@H](O)[C@@H](F)[C@H](O)[C@H](O)CO. The zero-order valence-electron chi connectivity index (χ0n) is 6.17. The molecule has 0 heterocycles. The maximum atomic E-state index is 12.6. The number of aldehydes is 1. The zero-order chi connectivity index (χ0) is 9.72. The van der Waals surface area contributed by atoms with E-state index in [-0.39, 0.29) is 6.29 Å². The monoisotopic (exact) mass is 182 g/mol. The summed E-state index contributed by atoms with van der Waals surface area (Å²) in [6.45, 7) is -0.840. The fourth-order valence-corrected chi connectivity index (χ4v) is 0.597. The van der Waals surface area contributed by atoms with Crippen molar-refractivity contribution in [2.45, 2.75) is 24.5 Å². The third-order valence-corrected chi connectivity index (χ3v) is 1.37. The highest BCUT2D eigenvalue weighted by Gasteiger charge is 2.31. The van der Waals surface area contributed by atoms with Gasteiger partial charge in [-0.2, -0.15) is 0 Å². The lowest BCUT2D eigenvalue weighted by Gasteiger charge is -2.20. The van der Waals surface area contributed by atoms with Crippen LogP contribution in [-0.2, 0) is 4.79 Å². The van der Waals surface area contributed by atoms with Crippen molar-refractivity contribution >= 4 is 6.29 Å². The molecule has 5 nitrogen and oxygen atoms in total. The van der Waals surface area contributed by atoms with Crippen LogP contribution in [0, 0.1) is 0 Å². The van der Waals surface area contributed by atoms with Crippen molar-refractivity contribution in [3.8, 4) is 0 Å². The summed E-state index contributed by atoms with van der Waals surface area (Å²) in [5, 5.41) is 34.3. The van der Waals surface area contributed by atoms with E-state index in [0.717, 1.165) is 0 Å². The van der Waals surface area contributed by atoms with Gasteiger partial charge in [-0.3, -0.25) is 0 Å². The summed E-state index contributed by atoms with van der Waals surface area (Å²) >= 11 is 0. The summed E-state index contributed by atoms with van der Waals surface area (Å²) < 4.78 is 12.6. The van der Waals surface area contributed by atoms with Crippen molar-refractivity contribution in [1.82, 2.24) is 0 Å². The van der Waals surface area contributed by atoms with Gasteiger partial charge in [0, 0.05) is 0 Å². The smallest absolute Gasteiger partial charge is 0.161 e. The van der Waals surface area contributed by atoms with Gasteiger partial charge in [0.05, 0.1) is 6.61 Å². The van der Waals surface area contributed by atoms with Crippen LogP contribution in [0.3, 0.4) is 0 Å². The van der Waals surface area contributed by atoms with Gasteiger partial charge in [0.25, 0.3) is 0 Å². The van der Waals surface area contributed by atoms with E-state index in [1.165, 1.54) is 0 Å². The van der Waals surface area contributed by atoms with Gasteiger partial charge < -0.3 is 25.2 Å². The fraction of sp³-hybridized carbons (Fsp3) is 0.833. The van der Waals surface area contributed by atoms with Gasteiger partial charge in [-0.15, -0.1) is 0 Å². The third kappa shape index (κ3) is 2.82. The number of halogens is 1. The van der Waals surface area contributed by atoms with Gasteiger partial charge in [-0.05, 0) is 0 Å². The van der Waals surface area contributed by atoms with E-state index in [1.54, 1.807) is 0 Å². The van der Waals surface area contributed by atoms with Gasteiger partial charge in [-0.25, -0.2) is 4.39 Å². The minimum atomic E-state index is -2.29. The Balaban J connectivity index is 4.07. The van der Waals surface area contributed by atoms with Crippen LogP contribution < -0.4 is 0 Å². The Labute approximate surface area is 68.1 Å². The van der Waals surface area contributed by atoms with E-state index in [0.29, 0.717) is 0 Å². The molecule has 0 spiro atoms. The number of carbonyl (C=O) groups is 1. The molecule has 0 rings (SSSR count). The van der Waals surface area contributed by atoms with Gasteiger partial charge in [0.1, 0.15) is 18.3 Å². The Kier molecular flexibility index (Phi) is 4.91. The molecule has 0 bridgehead atoms. The molecule has 0 aromatic carbocycles. The molecule has 72 valence electrons. The number of aliphatic hydroxyl groups excluding tert-OH is 4. The summed E-state index contributed by atoms with van der Waals surface area (Å²) in [4.78, 5) is 9.82. The molecular weight excluding hydrogens is 171 g/mol. The fourth-order valence-electron chi connectivity index (χ4n) is 0.597. The first-order valence-electron chi connectivity index (χ1n) is 3.29. The van der Waals surface area contributed by atoms with E-state index >= 15 is 0 Å². The Morgan fingerprint density at radius 2 is 1.83 bits per heavy atom. The average molecular weight is 182 g/mol. The number of carbonyl (C=O) groups excluding carboxylic acids is 1. The lowest BCUT2D eigenvalue weighted by Crippen LogP contribution is -2.43. The lowest BCUT2D eigenvalue weighted by atomic mass is 10.1. The molecule has 0 unspecified atom stereocenters. The number of aliphatic hydroxyl groups is 4. The van der Waals surface area contributed by atoms with Crippen LogP contribution in [0.2, 0.25) is 0 Å². The maximum absolute atomic E-state index is 12.6. The van der Waals surface area contributed by atoms with E-state index in [9.17, 15) is 9.18 Å². The first-order valence-corrected chi connectivity index (χ1v) is 3.29. The topological polar surface area (TPSA) is 98.0 Å². The predicted octanol–water partition coefficient (Wildman–Crippen LogP) is -2.40. The van der Waals surface area contributed by atoms with Crippen molar-refractivity contribution in [2.75, 3.05) is 6.61 Å². The van der Waals surface area contributed by atoms with Crippen molar-refractivity contribution < 1.29 is 29.6 Å². The summed E-state index contributed by atoms with van der Waals surface area (Å²) in [5.74, 6) is 0. The van der Waals surface area contributed by atoms with Crippen molar-refractivity contribution in [1.29, 1.82) is 0 Å². The normalized spacial score (nSPS) is 21.1. The van der Waals surface area contributed by atoms with Crippen LogP contribution in [0.4, 0.5) is 4.39 Å². The van der Waals surface area contributed by atoms with Crippen LogP contribution in [0.15, 0.2) is 0 Å². The molecule has 0 aliphatic rings. The number of hydrogen-bond acceptors (Lipinski definition) is 5. The molecule has 0 aliphatic heterocycles. The molecule has 6 heteroatoms. The molecule has 0 saturated carbocycles. The molecular formula is C6H11FO5. The van der Waals surface area contributed by atoms with Gasteiger partial charge in [-0.1, -0.05) is 0 Å². The largest absolute Gasteiger partial charge is 0.394 e. The number of hydrogen-bond donors (Lipinski definition) is 4. The summed E-state index contributed by atoms with van der Waals surface area (Å²) in [6.07, 6.45) is -8.03. The standard InChI is InChI=1S/C6H11FO5/c7-5(3(10)1-8)6(12)4(11)2-9/h1,3-6,9-12H,2H2/t3-,4-,5-,6-/m1/s1. The molecule has 4 atom stereocenters. The highest BCUT2D eigenvalue weighted by Crippen LogP contribution is 2.07. The summed E-state index contributed by atoms with van der Waals surface area (Å²) in [6, 6.07) is 0. The van der Waals surface area contributed by atoms with Crippen LogP contribution >= 0.6 is 0 Å². The zero-order valence-corrected chi connectivity index (χ0v) is 6.17. The molecule has 12 heavy (non-hydrogen) atoms. The maximum Gasteiger partial charge on any atom is 0.161 e. The van der Waals surface area contributed by atoms with Crippen molar-refractivity contribution in [3.63, 3.8) is 0 Å². The first kappa shape index (κ1) is 11.4. The Morgan fingerprint density at radius 3 is 2.17 bits per heavy atom. The van der Waals surface area contributed by atoms with Gasteiger partial charge in [0.15, 0.2) is 12.5 Å². The minimum Gasteiger partial charge on any atom is -0.394 e. The van der Waals surface area contributed by atoms with Crippen LogP contribution in [0.25, 0.3) is 0 Å². The second-order valence-corrected chi connectivity index (χ2v) is 2.31. The predicted molar refractivity (Wildman–Crippen MR) is 36.1 cm³/mol. The Bertz CT molecular complexity index is 142. The van der Waals surface area contributed by atoms with Gasteiger partial charge in [0.2, 0.25) is 0 Å². The van der Waals surface area contributed by atoms with E-state index in [2.05, 4.69) is 0 Å². The van der Waals surface area contributed by atoms with E-state index in [1.807, 2.05) is 0 Å². The minimum absolute atomic E-state index is 0.0992. The van der Waals surface area contributed by atoms with Crippen LogP contribution in [0.1, 0.15) is 0 Å². The Hall–Kier alpha value is -0.560. The summed E-state index contributed by atoms with van der Waals surface area (Å²) in [5.41, 5.74) is 0. The summed E-state index contributed by atoms with van der Waals surface area (Å²) in [7, 11) is 0. The second-order valence-electron chi connectivity index (χ2n) is 2.31. The average Bonchev–Trinajstić information content (AvgIpc) is 2.12. The third-order valence-electron chi connectivity index (χ3n) is 1.37. The second kappa shape index (κ2) is 5.15. The molecule has 0 aromatic heterocycles. The molecule has 0 fully saturated rings. The highest BCUT2D eigenvalue weighted by atomic mass is 19.1. The molecule has 4 N–H and O–H groups in total. The number of alkyl halides is 1. The van der Waals surface area contributed by atoms with Gasteiger partial charge >= 0.3 is 0 Å². The number of rotatable bonds is 5. The molecule has 0 aliphatic carbocycles. The molecule has 0 amide bonds. The van der Waals surface area contributed by atoms with E-state index < -0.39 is 31.1 Å². The molecule has 0 saturated heterocycles. The lowest BCUT2D eigenvalue weighted by molar-refractivity contribution is -0.126. The Morgan fingerprint density at radius 1 is 1.33 bits per heavy atom. The van der Waals surface area contributed by atoms with Crippen molar-refractivity contribution in [2.24, 2.45) is 0 Å². The van der Waals surface area contributed by atoms with E-state index in [4.69, 9.17) is 20.4 Å². The molecule has 0 radical (unpaired) electrons.